The highest BCUT2D eigenvalue weighted by atomic mass is 32.1. The average Bonchev–Trinajstić information content (AvgIpc) is 2.80. The molecular formula is C13H18O2S. The Hall–Kier alpha value is -0.830. The Balaban J connectivity index is 2.00. The van der Waals surface area contributed by atoms with Crippen molar-refractivity contribution in [3.63, 3.8) is 0 Å². The first-order valence-electron chi connectivity index (χ1n) is 5.99. The van der Waals surface area contributed by atoms with Crippen LogP contribution in [0.25, 0.3) is 0 Å². The van der Waals surface area contributed by atoms with Gasteiger partial charge in [-0.3, -0.25) is 4.79 Å². The maximum absolute atomic E-state index is 11.4. The van der Waals surface area contributed by atoms with Gasteiger partial charge in [-0.25, -0.2) is 0 Å². The van der Waals surface area contributed by atoms with Crippen LogP contribution in [0, 0.1) is 5.41 Å². The van der Waals surface area contributed by atoms with Crippen molar-refractivity contribution in [2.75, 3.05) is 0 Å². The van der Waals surface area contributed by atoms with E-state index in [2.05, 4.69) is 11.4 Å². The van der Waals surface area contributed by atoms with Crippen LogP contribution < -0.4 is 0 Å². The highest BCUT2D eigenvalue weighted by Crippen LogP contribution is 2.40. The van der Waals surface area contributed by atoms with Gasteiger partial charge in [0.15, 0.2) is 0 Å². The predicted octanol–water partition coefficient (Wildman–Crippen LogP) is 3.72. The van der Waals surface area contributed by atoms with Crippen LogP contribution in [0.5, 0.6) is 0 Å². The molecule has 3 heteroatoms. The molecule has 0 atom stereocenters. The van der Waals surface area contributed by atoms with E-state index < -0.39 is 11.4 Å². The Morgan fingerprint density at radius 2 is 2.12 bits per heavy atom. The summed E-state index contributed by atoms with van der Waals surface area (Å²) in [7, 11) is 0. The first kappa shape index (κ1) is 11.6. The zero-order valence-corrected chi connectivity index (χ0v) is 10.3. The average molecular weight is 238 g/mol. The quantitative estimate of drug-likeness (QED) is 0.868. The minimum absolute atomic E-state index is 0.428. The van der Waals surface area contributed by atoms with E-state index >= 15 is 0 Å². The van der Waals surface area contributed by atoms with Gasteiger partial charge in [-0.15, -0.1) is 11.3 Å². The maximum Gasteiger partial charge on any atom is 0.309 e. The predicted molar refractivity (Wildman–Crippen MR) is 65.8 cm³/mol. The molecule has 1 N–H and O–H groups in total. The Kier molecular flexibility index (Phi) is 3.64. The lowest BCUT2D eigenvalue weighted by Crippen LogP contribution is -2.33. The van der Waals surface area contributed by atoms with Crippen LogP contribution in [0.2, 0.25) is 0 Å². The Morgan fingerprint density at radius 3 is 2.69 bits per heavy atom. The molecule has 0 spiro atoms. The van der Waals surface area contributed by atoms with Gasteiger partial charge < -0.3 is 5.11 Å². The van der Waals surface area contributed by atoms with E-state index in [1.54, 1.807) is 11.3 Å². The van der Waals surface area contributed by atoms with Crippen molar-refractivity contribution < 1.29 is 9.90 Å². The number of hydrogen-bond acceptors (Lipinski definition) is 2. The normalized spacial score (nSPS) is 19.5. The molecule has 2 rings (SSSR count). The molecule has 1 aliphatic carbocycles. The maximum atomic E-state index is 11.4. The Morgan fingerprint density at radius 1 is 1.38 bits per heavy atom. The lowest BCUT2D eigenvalue weighted by Gasteiger charge is -2.33. The number of thiophene rings is 1. The summed E-state index contributed by atoms with van der Waals surface area (Å²) in [5.41, 5.74) is -0.428. The van der Waals surface area contributed by atoms with Gasteiger partial charge >= 0.3 is 5.97 Å². The molecule has 0 amide bonds. The molecule has 88 valence electrons. The van der Waals surface area contributed by atoms with E-state index in [4.69, 9.17) is 0 Å². The first-order chi connectivity index (χ1) is 7.73. The van der Waals surface area contributed by atoms with Crippen LogP contribution in [0.4, 0.5) is 0 Å². The van der Waals surface area contributed by atoms with E-state index in [-0.39, 0.29) is 0 Å². The molecule has 0 aromatic carbocycles. The summed E-state index contributed by atoms with van der Waals surface area (Å²) in [6.45, 7) is 0. The second-order valence-electron chi connectivity index (χ2n) is 4.73. The summed E-state index contributed by atoms with van der Waals surface area (Å²) < 4.78 is 0. The highest BCUT2D eigenvalue weighted by molar-refractivity contribution is 7.09. The fourth-order valence-electron chi connectivity index (χ4n) is 2.62. The van der Waals surface area contributed by atoms with Crippen molar-refractivity contribution in [2.45, 2.75) is 44.9 Å². The molecule has 1 fully saturated rings. The lowest BCUT2D eigenvalue weighted by molar-refractivity contribution is -0.151. The second kappa shape index (κ2) is 5.00. The molecule has 0 saturated heterocycles. The number of aryl methyl sites for hydroxylation is 1. The molecule has 0 radical (unpaired) electrons. The van der Waals surface area contributed by atoms with Gasteiger partial charge in [-0.2, -0.15) is 0 Å². The Bertz CT molecular complexity index is 337. The van der Waals surface area contributed by atoms with Crippen molar-refractivity contribution in [2.24, 2.45) is 5.41 Å². The first-order valence-corrected chi connectivity index (χ1v) is 6.87. The van der Waals surface area contributed by atoms with E-state index in [1.165, 1.54) is 11.3 Å². The third-order valence-corrected chi connectivity index (χ3v) is 4.63. The number of rotatable bonds is 4. The number of carboxylic acid groups (broad SMARTS) is 1. The summed E-state index contributed by atoms with van der Waals surface area (Å²) in [4.78, 5) is 12.8. The summed E-state index contributed by atoms with van der Waals surface area (Å²) >= 11 is 1.73. The minimum atomic E-state index is -0.580. The lowest BCUT2D eigenvalue weighted by atomic mass is 9.71. The number of carboxylic acids is 1. The van der Waals surface area contributed by atoms with Crippen LogP contribution >= 0.6 is 11.3 Å². The van der Waals surface area contributed by atoms with Crippen molar-refractivity contribution in [1.29, 1.82) is 0 Å². The van der Waals surface area contributed by atoms with E-state index in [9.17, 15) is 9.90 Å². The molecule has 0 unspecified atom stereocenters. The standard InChI is InChI=1S/C13H18O2S/c14-12(15)13(7-2-1-3-8-13)9-6-11-5-4-10-16-11/h4-5,10H,1-3,6-9H2,(H,14,15). The third kappa shape index (κ3) is 2.46. The van der Waals surface area contributed by atoms with Crippen molar-refractivity contribution in [3.05, 3.63) is 22.4 Å². The van der Waals surface area contributed by atoms with Gasteiger partial charge in [-0.05, 0) is 37.1 Å². The number of carbonyl (C=O) groups is 1. The van der Waals surface area contributed by atoms with Crippen LogP contribution in [0.3, 0.4) is 0 Å². The van der Waals surface area contributed by atoms with E-state index in [0.29, 0.717) is 0 Å². The van der Waals surface area contributed by atoms with Crippen molar-refractivity contribution >= 4 is 17.3 Å². The van der Waals surface area contributed by atoms with E-state index in [1.807, 2.05) is 6.07 Å². The molecule has 16 heavy (non-hydrogen) atoms. The second-order valence-corrected chi connectivity index (χ2v) is 5.76. The van der Waals surface area contributed by atoms with Crippen molar-refractivity contribution in [3.8, 4) is 0 Å². The zero-order valence-electron chi connectivity index (χ0n) is 9.45. The van der Waals surface area contributed by atoms with Crippen molar-refractivity contribution in [1.82, 2.24) is 0 Å². The largest absolute Gasteiger partial charge is 0.481 e. The molecule has 1 aromatic rings. The van der Waals surface area contributed by atoms with Gasteiger partial charge in [-0.1, -0.05) is 25.3 Å². The third-order valence-electron chi connectivity index (χ3n) is 3.69. The highest BCUT2D eigenvalue weighted by Gasteiger charge is 2.38. The monoisotopic (exact) mass is 238 g/mol. The van der Waals surface area contributed by atoms with E-state index in [0.717, 1.165) is 38.5 Å². The van der Waals surface area contributed by atoms with Crippen LogP contribution in [0.15, 0.2) is 17.5 Å². The molecule has 1 aromatic heterocycles. The van der Waals surface area contributed by atoms with Gasteiger partial charge in [0.1, 0.15) is 0 Å². The topological polar surface area (TPSA) is 37.3 Å². The van der Waals surface area contributed by atoms with Crippen LogP contribution in [-0.4, -0.2) is 11.1 Å². The molecule has 1 heterocycles. The fourth-order valence-corrected chi connectivity index (χ4v) is 3.33. The molecule has 0 aliphatic heterocycles. The molecule has 0 bridgehead atoms. The summed E-state index contributed by atoms with van der Waals surface area (Å²) in [6, 6.07) is 4.14. The summed E-state index contributed by atoms with van der Waals surface area (Å²) in [5.74, 6) is -0.580. The molecule has 1 aliphatic rings. The van der Waals surface area contributed by atoms with Gasteiger partial charge in [0.2, 0.25) is 0 Å². The minimum Gasteiger partial charge on any atom is -0.481 e. The van der Waals surface area contributed by atoms with Gasteiger partial charge in [0.25, 0.3) is 0 Å². The number of hydrogen-bond donors (Lipinski definition) is 1. The summed E-state index contributed by atoms with van der Waals surface area (Å²) in [6.07, 6.45) is 6.83. The smallest absolute Gasteiger partial charge is 0.309 e. The van der Waals surface area contributed by atoms with Gasteiger partial charge in [0, 0.05) is 4.88 Å². The summed E-state index contributed by atoms with van der Waals surface area (Å²) in [5, 5.41) is 11.5. The van der Waals surface area contributed by atoms with Gasteiger partial charge in [0.05, 0.1) is 5.41 Å². The Labute approximate surface area is 100 Å². The zero-order chi connectivity index (χ0) is 11.4. The molecule has 2 nitrogen and oxygen atoms in total. The molecular weight excluding hydrogens is 220 g/mol. The number of aliphatic carboxylic acids is 1. The molecule has 1 saturated carbocycles. The fraction of sp³-hybridized carbons (Fsp3) is 0.615. The van der Waals surface area contributed by atoms with Crippen LogP contribution in [-0.2, 0) is 11.2 Å². The SMILES string of the molecule is O=C(O)C1(CCc2cccs2)CCCCC1. The van der Waals surface area contributed by atoms with Crippen LogP contribution in [0.1, 0.15) is 43.4 Å².